The predicted octanol–water partition coefficient (Wildman–Crippen LogP) is 4.78. The number of alkyl halides is 3. The van der Waals surface area contributed by atoms with Crippen LogP contribution < -0.4 is 5.73 Å². The summed E-state index contributed by atoms with van der Waals surface area (Å²) in [6.45, 7) is 1.81. The maximum Gasteiger partial charge on any atom is 0.416 e. The van der Waals surface area contributed by atoms with E-state index in [0.717, 1.165) is 23.3 Å². The molecule has 0 amide bonds. The summed E-state index contributed by atoms with van der Waals surface area (Å²) in [4.78, 5) is 0. The van der Waals surface area contributed by atoms with Crippen LogP contribution in [0.25, 0.3) is 0 Å². The van der Waals surface area contributed by atoms with Gasteiger partial charge in [-0.15, -0.1) is 0 Å². The molecule has 0 spiro atoms. The molecule has 0 saturated heterocycles. The fourth-order valence-electron chi connectivity index (χ4n) is 2.26. The topological polar surface area (TPSA) is 26.0 Å². The van der Waals surface area contributed by atoms with Crippen LogP contribution in [0.4, 0.5) is 13.2 Å². The Balaban J connectivity index is 2.23. The van der Waals surface area contributed by atoms with Gasteiger partial charge in [0, 0.05) is 10.6 Å². The quantitative estimate of drug-likeness (QED) is 0.867. The maximum atomic E-state index is 12.5. The van der Waals surface area contributed by atoms with Crippen LogP contribution in [0, 0.1) is 0 Å². The van der Waals surface area contributed by atoms with E-state index >= 15 is 0 Å². The van der Waals surface area contributed by atoms with E-state index in [2.05, 4.69) is 0 Å². The summed E-state index contributed by atoms with van der Waals surface area (Å²) in [5, 5.41) is 0.550. The third kappa shape index (κ3) is 3.77. The average molecular weight is 314 g/mol. The minimum atomic E-state index is -4.33. The molecule has 0 saturated carbocycles. The van der Waals surface area contributed by atoms with Gasteiger partial charge in [-0.1, -0.05) is 41.9 Å². The highest BCUT2D eigenvalue weighted by atomic mass is 35.5. The minimum Gasteiger partial charge on any atom is -0.321 e. The second-order valence-electron chi connectivity index (χ2n) is 5.27. The molecule has 1 nitrogen and oxygen atoms in total. The summed E-state index contributed by atoms with van der Waals surface area (Å²) >= 11 is 6.13. The van der Waals surface area contributed by atoms with Crippen molar-refractivity contribution in [3.63, 3.8) is 0 Å². The third-order valence-electron chi connectivity index (χ3n) is 3.34. The van der Waals surface area contributed by atoms with Crippen LogP contribution in [0.2, 0.25) is 5.02 Å². The lowest BCUT2D eigenvalue weighted by Gasteiger charge is -2.26. The molecule has 112 valence electrons. The van der Waals surface area contributed by atoms with Crippen molar-refractivity contribution in [2.24, 2.45) is 5.73 Å². The zero-order valence-electron chi connectivity index (χ0n) is 11.4. The lowest BCUT2D eigenvalue weighted by molar-refractivity contribution is -0.137. The Bertz CT molecular complexity index is 618. The predicted molar refractivity (Wildman–Crippen MR) is 78.1 cm³/mol. The lowest BCUT2D eigenvalue weighted by atomic mass is 9.86. The first kappa shape index (κ1) is 15.9. The van der Waals surface area contributed by atoms with E-state index in [1.807, 2.05) is 19.1 Å². The van der Waals surface area contributed by atoms with Crippen LogP contribution in [-0.4, -0.2) is 0 Å². The highest BCUT2D eigenvalue weighted by Crippen LogP contribution is 2.31. The Kier molecular flexibility index (Phi) is 4.30. The first-order valence-electron chi connectivity index (χ1n) is 6.40. The molecule has 2 aromatic carbocycles. The second-order valence-corrected chi connectivity index (χ2v) is 5.68. The summed E-state index contributed by atoms with van der Waals surface area (Å²) in [6.07, 6.45) is -3.93. The molecule has 0 aliphatic carbocycles. The molecule has 5 heteroatoms. The van der Waals surface area contributed by atoms with Crippen molar-refractivity contribution in [3.05, 3.63) is 70.2 Å². The molecular weight excluding hydrogens is 299 g/mol. The number of rotatable bonds is 3. The second kappa shape index (κ2) is 5.70. The Morgan fingerprint density at radius 2 is 1.57 bits per heavy atom. The first-order valence-corrected chi connectivity index (χ1v) is 6.78. The van der Waals surface area contributed by atoms with Crippen LogP contribution in [-0.2, 0) is 18.1 Å². The van der Waals surface area contributed by atoms with Gasteiger partial charge in [0.15, 0.2) is 0 Å². The fraction of sp³-hybridized carbons (Fsp3) is 0.250. The van der Waals surface area contributed by atoms with Gasteiger partial charge in [0.1, 0.15) is 0 Å². The van der Waals surface area contributed by atoms with E-state index in [-0.39, 0.29) is 0 Å². The van der Waals surface area contributed by atoms with Crippen molar-refractivity contribution in [2.75, 3.05) is 0 Å². The standard InChI is InChI=1S/C16H15ClF3N/c1-15(21,13-4-2-3-5-14(13)17)10-11-6-8-12(9-7-11)16(18,19)20/h2-9H,10,21H2,1H3. The Labute approximate surface area is 126 Å². The van der Waals surface area contributed by atoms with E-state index in [9.17, 15) is 13.2 Å². The minimum absolute atomic E-state index is 0.398. The van der Waals surface area contributed by atoms with Gasteiger partial charge in [-0.3, -0.25) is 0 Å². The molecule has 0 bridgehead atoms. The largest absolute Gasteiger partial charge is 0.416 e. The zero-order valence-corrected chi connectivity index (χ0v) is 12.2. The Morgan fingerprint density at radius 1 is 1.00 bits per heavy atom. The van der Waals surface area contributed by atoms with Crippen LogP contribution in [0.1, 0.15) is 23.6 Å². The van der Waals surface area contributed by atoms with Crippen LogP contribution in [0.15, 0.2) is 48.5 Å². The summed E-state index contributed by atoms with van der Waals surface area (Å²) in [5.74, 6) is 0. The smallest absolute Gasteiger partial charge is 0.321 e. The number of benzene rings is 2. The number of halogens is 4. The zero-order chi connectivity index (χ0) is 15.7. The summed E-state index contributed by atoms with van der Waals surface area (Å²) in [7, 11) is 0. The van der Waals surface area contributed by atoms with Gasteiger partial charge >= 0.3 is 6.18 Å². The van der Waals surface area contributed by atoms with Crippen molar-refractivity contribution < 1.29 is 13.2 Å². The number of nitrogens with two attached hydrogens (primary N) is 1. The molecule has 2 rings (SSSR count). The molecule has 21 heavy (non-hydrogen) atoms. The SMILES string of the molecule is CC(N)(Cc1ccc(C(F)(F)F)cc1)c1ccccc1Cl. The monoisotopic (exact) mass is 313 g/mol. The molecule has 0 radical (unpaired) electrons. The van der Waals surface area contributed by atoms with Crippen molar-refractivity contribution in [1.82, 2.24) is 0 Å². The molecule has 0 aliphatic rings. The van der Waals surface area contributed by atoms with Gasteiger partial charge in [-0.2, -0.15) is 13.2 Å². The average Bonchev–Trinajstić information content (AvgIpc) is 2.38. The van der Waals surface area contributed by atoms with Gasteiger partial charge in [0.2, 0.25) is 0 Å². The fourth-order valence-corrected chi connectivity index (χ4v) is 2.61. The van der Waals surface area contributed by atoms with Gasteiger partial charge in [0.05, 0.1) is 5.56 Å². The highest BCUT2D eigenvalue weighted by Gasteiger charge is 2.30. The normalized spacial score (nSPS) is 14.8. The van der Waals surface area contributed by atoms with Gasteiger partial charge < -0.3 is 5.73 Å². The molecule has 1 atom stereocenters. The molecule has 0 fully saturated rings. The van der Waals surface area contributed by atoms with E-state index < -0.39 is 17.3 Å². The van der Waals surface area contributed by atoms with E-state index in [1.165, 1.54) is 12.1 Å². The van der Waals surface area contributed by atoms with E-state index in [1.54, 1.807) is 12.1 Å². The molecule has 2 aromatic rings. The first-order chi connectivity index (χ1) is 9.70. The van der Waals surface area contributed by atoms with Gasteiger partial charge in [-0.25, -0.2) is 0 Å². The Morgan fingerprint density at radius 3 is 2.10 bits per heavy atom. The summed E-state index contributed by atoms with van der Waals surface area (Å²) in [6, 6.07) is 12.2. The molecule has 0 aromatic heterocycles. The lowest BCUT2D eigenvalue weighted by Crippen LogP contribution is -2.35. The number of hydrogen-bond acceptors (Lipinski definition) is 1. The van der Waals surface area contributed by atoms with Crippen molar-refractivity contribution in [3.8, 4) is 0 Å². The molecule has 0 heterocycles. The van der Waals surface area contributed by atoms with Crippen LogP contribution >= 0.6 is 11.6 Å². The maximum absolute atomic E-state index is 12.5. The Hall–Kier alpha value is -1.52. The van der Waals surface area contributed by atoms with Crippen molar-refractivity contribution in [2.45, 2.75) is 25.1 Å². The number of hydrogen-bond donors (Lipinski definition) is 1. The van der Waals surface area contributed by atoms with E-state index in [0.29, 0.717) is 11.4 Å². The summed E-state index contributed by atoms with van der Waals surface area (Å²) < 4.78 is 37.6. The van der Waals surface area contributed by atoms with Gasteiger partial charge in [-0.05, 0) is 42.7 Å². The van der Waals surface area contributed by atoms with Gasteiger partial charge in [0.25, 0.3) is 0 Å². The van der Waals surface area contributed by atoms with Crippen molar-refractivity contribution in [1.29, 1.82) is 0 Å². The van der Waals surface area contributed by atoms with Crippen LogP contribution in [0.5, 0.6) is 0 Å². The highest BCUT2D eigenvalue weighted by molar-refractivity contribution is 6.31. The molecule has 1 unspecified atom stereocenters. The molecule has 0 aliphatic heterocycles. The summed E-state index contributed by atoms with van der Waals surface area (Å²) in [5.41, 5.74) is 6.37. The van der Waals surface area contributed by atoms with Crippen molar-refractivity contribution >= 4 is 11.6 Å². The van der Waals surface area contributed by atoms with E-state index in [4.69, 9.17) is 17.3 Å². The van der Waals surface area contributed by atoms with Crippen LogP contribution in [0.3, 0.4) is 0 Å². The molecular formula is C16H15ClF3N. The third-order valence-corrected chi connectivity index (χ3v) is 3.67. The molecule has 2 N–H and O–H groups in total.